The van der Waals surface area contributed by atoms with Crippen LogP contribution in [0.25, 0.3) is 6.08 Å². The average Bonchev–Trinajstić information content (AvgIpc) is 2.61. The Balaban J connectivity index is 2.14. The van der Waals surface area contributed by atoms with E-state index in [1.54, 1.807) is 43.3 Å². The molecule has 0 atom stereocenters. The van der Waals surface area contributed by atoms with E-state index in [2.05, 4.69) is 9.44 Å². The van der Waals surface area contributed by atoms with Crippen LogP contribution in [0.5, 0.6) is 0 Å². The van der Waals surface area contributed by atoms with Gasteiger partial charge in [-0.2, -0.15) is 13.7 Å². The van der Waals surface area contributed by atoms with Gasteiger partial charge in [0.25, 0.3) is 0 Å². The summed E-state index contributed by atoms with van der Waals surface area (Å²) in [7, 11) is -4.20. The van der Waals surface area contributed by atoms with Gasteiger partial charge in [-0.05, 0) is 35.9 Å². The number of carbonyl (C=O) groups is 1. The van der Waals surface area contributed by atoms with Crippen molar-refractivity contribution in [2.75, 3.05) is 0 Å². The maximum absolute atomic E-state index is 12.0. The summed E-state index contributed by atoms with van der Waals surface area (Å²) in [6, 6.07) is 16.4. The molecule has 2 aromatic rings. The molecule has 2 aromatic carbocycles. The Kier molecular flexibility index (Phi) is 5.82. The predicted octanol–water partition coefficient (Wildman–Crippen LogP) is 2.86. The van der Waals surface area contributed by atoms with Crippen molar-refractivity contribution >= 4 is 27.7 Å². The number of nitriles is 1. The summed E-state index contributed by atoms with van der Waals surface area (Å²) in [5.41, 5.74) is 0.964. The number of benzene rings is 2. The van der Waals surface area contributed by atoms with Crippen LogP contribution in [0.15, 0.2) is 70.7 Å². The molecule has 0 aliphatic carbocycles. The van der Waals surface area contributed by atoms with E-state index in [1.165, 1.54) is 24.3 Å². The van der Waals surface area contributed by atoms with Gasteiger partial charge in [0.2, 0.25) is 11.5 Å². The number of ketones is 1. The molecule has 6 nitrogen and oxygen atoms in total. The summed E-state index contributed by atoms with van der Waals surface area (Å²) in [6.45, 7) is 1.81. The Morgan fingerprint density at radius 3 is 2.36 bits per heavy atom. The number of rotatable bonds is 6. The Morgan fingerprint density at radius 2 is 1.76 bits per heavy atom. The van der Waals surface area contributed by atoms with E-state index in [1.807, 2.05) is 6.07 Å². The third-order valence-electron chi connectivity index (χ3n) is 3.10. The SMILES string of the molecule is Cc1ccc(S(=O)(=O)O/N=C(/C#N)C(=O)/C=C\c2ccccc2)cc1. The van der Waals surface area contributed by atoms with Crippen LogP contribution >= 0.6 is 0 Å². The number of hydrogen-bond acceptors (Lipinski definition) is 6. The monoisotopic (exact) mass is 354 g/mol. The Labute approximate surface area is 145 Å². The fourth-order valence-electron chi connectivity index (χ4n) is 1.77. The molecule has 0 radical (unpaired) electrons. The predicted molar refractivity (Wildman–Crippen MR) is 93.0 cm³/mol. The van der Waals surface area contributed by atoms with E-state index < -0.39 is 21.6 Å². The van der Waals surface area contributed by atoms with E-state index >= 15 is 0 Å². The van der Waals surface area contributed by atoms with Gasteiger partial charge in [0.05, 0.1) is 0 Å². The lowest BCUT2D eigenvalue weighted by atomic mass is 10.1. The summed E-state index contributed by atoms with van der Waals surface area (Å²) in [5, 5.41) is 12.2. The first-order valence-corrected chi connectivity index (χ1v) is 8.59. The molecular formula is C18H14N2O4S. The van der Waals surface area contributed by atoms with Crippen LogP contribution in [0.4, 0.5) is 0 Å². The van der Waals surface area contributed by atoms with Crippen molar-refractivity contribution in [3.05, 3.63) is 71.8 Å². The number of oxime groups is 1. The summed E-state index contributed by atoms with van der Waals surface area (Å²) in [4.78, 5) is 11.8. The van der Waals surface area contributed by atoms with Crippen LogP contribution in [0, 0.1) is 18.3 Å². The molecule has 0 amide bonds. The van der Waals surface area contributed by atoms with Crippen LogP contribution in [0.2, 0.25) is 0 Å². The Hall–Kier alpha value is -3.24. The van der Waals surface area contributed by atoms with Crippen LogP contribution in [-0.2, 0) is 19.2 Å². The van der Waals surface area contributed by atoms with Gasteiger partial charge in [0.15, 0.2) is 0 Å². The zero-order chi connectivity index (χ0) is 18.3. The standard InChI is InChI=1S/C18H14N2O4S/c1-14-7-10-16(11-8-14)25(22,23)24-20-17(13-19)18(21)12-9-15-5-3-2-4-6-15/h2-12H,1H3/b12-9-,20-17-. The molecule has 0 spiro atoms. The quantitative estimate of drug-likeness (QED) is 0.451. The van der Waals surface area contributed by atoms with Crippen molar-refractivity contribution in [2.24, 2.45) is 5.16 Å². The molecule has 7 heteroatoms. The molecule has 0 aromatic heterocycles. The minimum atomic E-state index is -4.20. The van der Waals surface area contributed by atoms with Crippen molar-refractivity contribution in [3.8, 4) is 6.07 Å². The lowest BCUT2D eigenvalue weighted by Crippen LogP contribution is -2.11. The van der Waals surface area contributed by atoms with E-state index in [-0.39, 0.29) is 4.90 Å². The topological polar surface area (TPSA) is 96.6 Å². The van der Waals surface area contributed by atoms with Crippen molar-refractivity contribution in [3.63, 3.8) is 0 Å². The van der Waals surface area contributed by atoms with Crippen molar-refractivity contribution in [1.29, 1.82) is 5.26 Å². The highest BCUT2D eigenvalue weighted by Gasteiger charge is 2.17. The largest absolute Gasteiger partial charge is 0.358 e. The molecule has 0 heterocycles. The first-order chi connectivity index (χ1) is 11.9. The third-order valence-corrected chi connectivity index (χ3v) is 4.22. The number of hydrogen-bond donors (Lipinski definition) is 0. The van der Waals surface area contributed by atoms with E-state index in [4.69, 9.17) is 5.26 Å². The van der Waals surface area contributed by atoms with Gasteiger partial charge < -0.3 is 0 Å². The zero-order valence-electron chi connectivity index (χ0n) is 13.3. The van der Waals surface area contributed by atoms with Crippen LogP contribution in [0.3, 0.4) is 0 Å². The minimum absolute atomic E-state index is 0.119. The van der Waals surface area contributed by atoms with Crippen molar-refractivity contribution in [1.82, 2.24) is 0 Å². The van der Waals surface area contributed by atoms with Gasteiger partial charge in [-0.25, -0.2) is 0 Å². The smallest absolute Gasteiger partial charge is 0.287 e. The highest BCUT2D eigenvalue weighted by molar-refractivity contribution is 7.86. The minimum Gasteiger partial charge on any atom is -0.287 e. The molecule has 0 aliphatic rings. The number of allylic oxidation sites excluding steroid dienone is 1. The second-order valence-electron chi connectivity index (χ2n) is 5.00. The molecule has 2 rings (SSSR count). The summed E-state index contributed by atoms with van der Waals surface area (Å²) in [6.07, 6.45) is 2.61. The normalized spacial score (nSPS) is 11.9. The third kappa shape index (κ3) is 5.12. The van der Waals surface area contributed by atoms with E-state index in [0.717, 1.165) is 17.2 Å². The molecule has 126 valence electrons. The van der Waals surface area contributed by atoms with Gasteiger partial charge in [0, 0.05) is 0 Å². The maximum Gasteiger partial charge on any atom is 0.358 e. The first kappa shape index (κ1) is 18.1. The Bertz CT molecular complexity index is 954. The Morgan fingerprint density at radius 1 is 1.12 bits per heavy atom. The zero-order valence-corrected chi connectivity index (χ0v) is 14.1. The number of carbonyl (C=O) groups excluding carboxylic acids is 1. The highest BCUT2D eigenvalue weighted by atomic mass is 32.2. The second-order valence-corrected chi connectivity index (χ2v) is 6.53. The second kappa shape index (κ2) is 8.04. The fraction of sp³-hybridized carbons (Fsp3) is 0.0556. The molecule has 0 fully saturated rings. The van der Waals surface area contributed by atoms with E-state index in [9.17, 15) is 13.2 Å². The van der Waals surface area contributed by atoms with Gasteiger partial charge in [-0.1, -0.05) is 54.1 Å². The van der Waals surface area contributed by atoms with Gasteiger partial charge >= 0.3 is 10.1 Å². The van der Waals surface area contributed by atoms with Crippen LogP contribution in [-0.4, -0.2) is 19.9 Å². The van der Waals surface area contributed by atoms with E-state index in [0.29, 0.717) is 0 Å². The van der Waals surface area contributed by atoms with Crippen LogP contribution in [0.1, 0.15) is 11.1 Å². The van der Waals surface area contributed by atoms with Gasteiger partial charge in [0.1, 0.15) is 11.0 Å². The lowest BCUT2D eigenvalue weighted by Gasteiger charge is -2.01. The molecule has 0 aliphatic heterocycles. The van der Waals surface area contributed by atoms with Gasteiger partial charge in [-0.15, -0.1) is 0 Å². The molecule has 0 N–H and O–H groups in total. The molecule has 0 bridgehead atoms. The number of nitrogens with zero attached hydrogens (tertiary/aromatic N) is 2. The fourth-order valence-corrected chi connectivity index (χ4v) is 2.50. The first-order valence-electron chi connectivity index (χ1n) is 7.18. The number of aryl methyl sites for hydroxylation is 1. The molecule has 0 saturated heterocycles. The van der Waals surface area contributed by atoms with Crippen molar-refractivity contribution in [2.45, 2.75) is 11.8 Å². The molecule has 25 heavy (non-hydrogen) atoms. The highest BCUT2D eigenvalue weighted by Crippen LogP contribution is 2.13. The molecule has 0 saturated carbocycles. The summed E-state index contributed by atoms with van der Waals surface area (Å²) < 4.78 is 28.5. The van der Waals surface area contributed by atoms with Crippen molar-refractivity contribution < 1.29 is 17.5 Å². The van der Waals surface area contributed by atoms with Crippen LogP contribution < -0.4 is 0 Å². The maximum atomic E-state index is 12.0. The van der Waals surface area contributed by atoms with Gasteiger partial charge in [-0.3, -0.25) is 9.08 Å². The molecule has 0 unspecified atom stereocenters. The summed E-state index contributed by atoms with van der Waals surface area (Å²) >= 11 is 0. The average molecular weight is 354 g/mol. The summed E-state index contributed by atoms with van der Waals surface area (Å²) in [5.74, 6) is -0.759. The molecular weight excluding hydrogens is 340 g/mol. The lowest BCUT2D eigenvalue weighted by molar-refractivity contribution is -0.108.